The monoisotopic (exact) mass is 504 g/mol. The van der Waals surface area contributed by atoms with Gasteiger partial charge in [-0.25, -0.2) is 9.37 Å². The quantitative estimate of drug-likeness (QED) is 0.281. The maximum atomic E-state index is 14.2. The van der Waals surface area contributed by atoms with Crippen molar-refractivity contribution in [2.75, 3.05) is 18.9 Å². The van der Waals surface area contributed by atoms with E-state index in [1.807, 2.05) is 29.8 Å². The molecule has 9 heteroatoms. The molecule has 0 radical (unpaired) electrons. The molecular formula is C27H25FN4O3S. The molecule has 0 bridgehead atoms. The fraction of sp³-hybridized carbons (Fsp3) is 0.259. The first-order valence-corrected chi connectivity index (χ1v) is 12.4. The van der Waals surface area contributed by atoms with Crippen LogP contribution < -0.4 is 15.2 Å². The zero-order valence-electron chi connectivity index (χ0n) is 19.7. The molecular weight excluding hydrogens is 479 g/mol. The second kappa shape index (κ2) is 10.4. The minimum Gasteiger partial charge on any atom is -0.488 e. The highest BCUT2D eigenvalue weighted by Crippen LogP contribution is 2.39. The van der Waals surface area contributed by atoms with Gasteiger partial charge in [0.1, 0.15) is 35.4 Å². The van der Waals surface area contributed by atoms with Crippen molar-refractivity contribution in [3.05, 3.63) is 87.5 Å². The molecule has 0 atom stereocenters. The third-order valence-electron chi connectivity index (χ3n) is 6.06. The number of aryl methyl sites for hydroxylation is 1. The van der Waals surface area contributed by atoms with Gasteiger partial charge < -0.3 is 24.8 Å². The van der Waals surface area contributed by atoms with Gasteiger partial charge >= 0.3 is 0 Å². The standard InChI is InChI=1S/C27H25FN4O3S/c1-17-31-14-24(36-17)16-34-22-11-19(28)12-23(13-22)35-21-5-3-20(4-6-21)32-15-25(26(29)27(32)30-2)18-7-9-33-10-8-18/h3-6,11-15,18H,7-10,16,29H2,1H3. The molecule has 2 N–H and O–H groups in total. The first-order chi connectivity index (χ1) is 17.5. The Morgan fingerprint density at radius 3 is 2.61 bits per heavy atom. The van der Waals surface area contributed by atoms with E-state index in [4.69, 9.17) is 26.5 Å². The third-order valence-corrected chi connectivity index (χ3v) is 6.95. The van der Waals surface area contributed by atoms with E-state index in [0.29, 0.717) is 48.6 Å². The molecule has 2 aromatic heterocycles. The summed E-state index contributed by atoms with van der Waals surface area (Å²) in [6.45, 7) is 11.3. The molecule has 1 aliphatic rings. The first kappa shape index (κ1) is 23.9. The number of benzene rings is 2. The Morgan fingerprint density at radius 1 is 1.17 bits per heavy atom. The van der Waals surface area contributed by atoms with Gasteiger partial charge in [-0.2, -0.15) is 0 Å². The smallest absolute Gasteiger partial charge is 0.258 e. The van der Waals surface area contributed by atoms with Crippen LogP contribution in [0.15, 0.2) is 54.9 Å². The normalized spacial score (nSPS) is 13.9. The van der Waals surface area contributed by atoms with Crippen LogP contribution >= 0.6 is 11.3 Å². The molecule has 0 spiro atoms. The molecule has 4 aromatic rings. The number of ether oxygens (including phenoxy) is 3. The summed E-state index contributed by atoms with van der Waals surface area (Å²) in [4.78, 5) is 8.84. The van der Waals surface area contributed by atoms with Gasteiger partial charge in [0.2, 0.25) is 0 Å². The van der Waals surface area contributed by atoms with Crippen molar-refractivity contribution in [2.24, 2.45) is 0 Å². The van der Waals surface area contributed by atoms with Crippen molar-refractivity contribution in [3.8, 4) is 22.9 Å². The minimum atomic E-state index is -0.454. The molecule has 2 aromatic carbocycles. The van der Waals surface area contributed by atoms with E-state index >= 15 is 0 Å². The molecule has 0 unspecified atom stereocenters. The predicted octanol–water partition coefficient (Wildman–Crippen LogP) is 6.78. The SMILES string of the molecule is [C-]#[N+]c1c(N)c(C2CCOCC2)cn1-c1ccc(Oc2cc(F)cc(OCc3cnc(C)s3)c2)cc1. The zero-order valence-corrected chi connectivity index (χ0v) is 20.6. The molecule has 0 aliphatic carbocycles. The number of hydrogen-bond acceptors (Lipinski definition) is 6. The van der Waals surface area contributed by atoms with Crippen LogP contribution in [0, 0.1) is 19.3 Å². The van der Waals surface area contributed by atoms with Gasteiger partial charge in [-0.3, -0.25) is 4.57 Å². The van der Waals surface area contributed by atoms with E-state index in [9.17, 15) is 4.39 Å². The lowest BCUT2D eigenvalue weighted by atomic mass is 9.93. The Balaban J connectivity index is 1.32. The van der Waals surface area contributed by atoms with E-state index in [1.165, 1.54) is 23.5 Å². The Kier molecular flexibility index (Phi) is 6.89. The number of thiazole rings is 1. The third kappa shape index (κ3) is 5.20. The summed E-state index contributed by atoms with van der Waals surface area (Å²) in [7, 11) is 0. The maximum absolute atomic E-state index is 14.2. The fourth-order valence-electron chi connectivity index (χ4n) is 4.29. The maximum Gasteiger partial charge on any atom is 0.258 e. The van der Waals surface area contributed by atoms with Crippen LogP contribution in [0.1, 0.15) is 34.2 Å². The molecule has 0 saturated carbocycles. The van der Waals surface area contributed by atoms with Crippen molar-refractivity contribution in [3.63, 3.8) is 0 Å². The van der Waals surface area contributed by atoms with Gasteiger partial charge in [0.05, 0.1) is 21.8 Å². The minimum absolute atomic E-state index is 0.285. The Labute approximate surface area is 212 Å². The number of nitrogens with two attached hydrogens (primary N) is 1. The summed E-state index contributed by atoms with van der Waals surface area (Å²) in [6, 6.07) is 11.5. The second-order valence-corrected chi connectivity index (χ2v) is 9.86. The molecule has 0 amide bonds. The molecule has 36 heavy (non-hydrogen) atoms. The van der Waals surface area contributed by atoms with Gasteiger partial charge in [-0.05, 0) is 49.9 Å². The molecule has 5 rings (SSSR count). The van der Waals surface area contributed by atoms with E-state index in [0.717, 1.165) is 34.0 Å². The summed E-state index contributed by atoms with van der Waals surface area (Å²) in [5.41, 5.74) is 8.67. The van der Waals surface area contributed by atoms with Gasteiger partial charge in [-0.1, -0.05) is 6.57 Å². The second-order valence-electron chi connectivity index (χ2n) is 8.54. The highest BCUT2D eigenvalue weighted by atomic mass is 32.1. The summed E-state index contributed by atoms with van der Waals surface area (Å²) in [5.74, 6) is 1.46. The largest absolute Gasteiger partial charge is 0.488 e. The van der Waals surface area contributed by atoms with Crippen LogP contribution in [0.4, 0.5) is 15.9 Å². The van der Waals surface area contributed by atoms with Crippen LogP contribution in [0.5, 0.6) is 17.2 Å². The van der Waals surface area contributed by atoms with Crippen molar-refractivity contribution >= 4 is 22.8 Å². The van der Waals surface area contributed by atoms with Crippen molar-refractivity contribution in [2.45, 2.75) is 32.3 Å². The van der Waals surface area contributed by atoms with Crippen molar-refractivity contribution in [1.29, 1.82) is 0 Å². The van der Waals surface area contributed by atoms with Crippen molar-refractivity contribution in [1.82, 2.24) is 9.55 Å². The van der Waals surface area contributed by atoms with E-state index < -0.39 is 5.82 Å². The lowest BCUT2D eigenvalue weighted by molar-refractivity contribution is 0.0855. The summed E-state index contributed by atoms with van der Waals surface area (Å²) in [5, 5.41) is 0.950. The van der Waals surface area contributed by atoms with Crippen LogP contribution in [0.3, 0.4) is 0 Å². The molecule has 1 fully saturated rings. The van der Waals surface area contributed by atoms with E-state index in [1.54, 1.807) is 24.4 Å². The topological polar surface area (TPSA) is 75.9 Å². The molecule has 1 saturated heterocycles. The number of nitrogens with zero attached hydrogens (tertiary/aromatic N) is 3. The van der Waals surface area contributed by atoms with E-state index in [2.05, 4.69) is 9.83 Å². The molecule has 1 aliphatic heterocycles. The average molecular weight is 505 g/mol. The number of anilines is 1. The van der Waals surface area contributed by atoms with Gasteiger partial charge in [-0.15, -0.1) is 11.3 Å². The lowest BCUT2D eigenvalue weighted by Crippen LogP contribution is -2.14. The number of rotatable bonds is 7. The van der Waals surface area contributed by atoms with Gasteiger partial charge in [0.15, 0.2) is 0 Å². The molecule has 7 nitrogen and oxygen atoms in total. The highest BCUT2D eigenvalue weighted by Gasteiger charge is 2.24. The number of nitrogen functional groups attached to an aromatic ring is 1. The summed E-state index contributed by atoms with van der Waals surface area (Å²) in [6.07, 6.45) is 5.49. The van der Waals surface area contributed by atoms with Crippen LogP contribution in [0.2, 0.25) is 0 Å². The summed E-state index contributed by atoms with van der Waals surface area (Å²) < 4.78 is 33.1. The zero-order chi connectivity index (χ0) is 25.1. The summed E-state index contributed by atoms with van der Waals surface area (Å²) >= 11 is 1.54. The highest BCUT2D eigenvalue weighted by molar-refractivity contribution is 7.11. The van der Waals surface area contributed by atoms with Crippen LogP contribution in [-0.4, -0.2) is 22.8 Å². The predicted molar refractivity (Wildman–Crippen MR) is 137 cm³/mol. The van der Waals surface area contributed by atoms with Gasteiger partial charge in [0.25, 0.3) is 5.82 Å². The van der Waals surface area contributed by atoms with Crippen LogP contribution in [-0.2, 0) is 11.3 Å². The number of aromatic nitrogens is 2. The van der Waals surface area contributed by atoms with Crippen LogP contribution in [0.25, 0.3) is 10.5 Å². The number of halogens is 1. The lowest BCUT2D eigenvalue weighted by Gasteiger charge is -2.21. The fourth-order valence-corrected chi connectivity index (χ4v) is 5.00. The molecule has 184 valence electrons. The Morgan fingerprint density at radius 2 is 1.92 bits per heavy atom. The Bertz CT molecular complexity index is 1400. The first-order valence-electron chi connectivity index (χ1n) is 11.6. The van der Waals surface area contributed by atoms with Crippen molar-refractivity contribution < 1.29 is 18.6 Å². The molecule has 3 heterocycles. The van der Waals surface area contributed by atoms with E-state index in [-0.39, 0.29) is 5.92 Å². The van der Waals surface area contributed by atoms with Gasteiger partial charge in [0, 0.05) is 43.2 Å². The Hall–Kier alpha value is -3.87. The number of hydrogen-bond donors (Lipinski definition) is 1. The average Bonchev–Trinajstić information content (AvgIpc) is 3.45.